The van der Waals surface area contributed by atoms with Crippen LogP contribution in [0.5, 0.6) is 5.75 Å². The normalized spacial score (nSPS) is 22.0. The number of benzene rings is 1. The molecule has 1 heterocycles. The zero-order chi connectivity index (χ0) is 14.5. The van der Waals surface area contributed by atoms with Crippen molar-refractivity contribution in [3.63, 3.8) is 0 Å². The van der Waals surface area contributed by atoms with Gasteiger partial charge >= 0.3 is 5.97 Å². The van der Waals surface area contributed by atoms with Gasteiger partial charge in [0, 0.05) is 6.54 Å². The molecule has 0 aromatic heterocycles. The minimum absolute atomic E-state index is 0.125. The van der Waals surface area contributed by atoms with Crippen LogP contribution in [0, 0.1) is 5.92 Å². The number of hydrogen-bond acceptors (Lipinski definition) is 4. The standard InChI is InChI=1S/C15H19NO4/c1-3-20-15(18)12-8-9-16-14(17)13(12)10-4-6-11(19-2)7-5-10/h4-7,12-13H,3,8-9H2,1-2H3,(H,16,17). The van der Waals surface area contributed by atoms with Crippen LogP contribution in [0.25, 0.3) is 0 Å². The highest BCUT2D eigenvalue weighted by Gasteiger charge is 2.38. The average molecular weight is 277 g/mol. The fraction of sp³-hybridized carbons (Fsp3) is 0.467. The van der Waals surface area contributed by atoms with Gasteiger partial charge in [-0.15, -0.1) is 0 Å². The first kappa shape index (κ1) is 14.4. The van der Waals surface area contributed by atoms with Crippen molar-refractivity contribution in [1.82, 2.24) is 5.32 Å². The van der Waals surface area contributed by atoms with Gasteiger partial charge in [-0.25, -0.2) is 0 Å². The second-order valence-corrected chi connectivity index (χ2v) is 4.69. The number of nitrogens with one attached hydrogen (secondary N) is 1. The number of amides is 1. The first-order valence-corrected chi connectivity index (χ1v) is 6.75. The monoisotopic (exact) mass is 277 g/mol. The maximum Gasteiger partial charge on any atom is 0.310 e. The van der Waals surface area contributed by atoms with Gasteiger partial charge < -0.3 is 14.8 Å². The topological polar surface area (TPSA) is 64.6 Å². The van der Waals surface area contributed by atoms with E-state index in [0.717, 1.165) is 11.3 Å². The summed E-state index contributed by atoms with van der Waals surface area (Å²) in [6.45, 7) is 2.60. The Kier molecular flexibility index (Phi) is 4.61. The molecule has 20 heavy (non-hydrogen) atoms. The summed E-state index contributed by atoms with van der Waals surface area (Å²) in [5.74, 6) is -0.619. The van der Waals surface area contributed by atoms with Gasteiger partial charge in [0.2, 0.25) is 5.91 Å². The molecule has 0 radical (unpaired) electrons. The number of rotatable bonds is 4. The molecule has 0 spiro atoms. The van der Waals surface area contributed by atoms with E-state index in [0.29, 0.717) is 19.6 Å². The Balaban J connectivity index is 2.26. The molecule has 1 N–H and O–H groups in total. The molecule has 1 aliphatic rings. The summed E-state index contributed by atoms with van der Waals surface area (Å²) in [5, 5.41) is 2.81. The zero-order valence-electron chi connectivity index (χ0n) is 11.7. The maximum atomic E-state index is 12.1. The van der Waals surface area contributed by atoms with Crippen LogP contribution in [-0.2, 0) is 14.3 Å². The summed E-state index contributed by atoms with van der Waals surface area (Å²) in [6.07, 6.45) is 0.598. The van der Waals surface area contributed by atoms with Crippen LogP contribution >= 0.6 is 0 Å². The SMILES string of the molecule is CCOC(=O)C1CCNC(=O)C1c1ccc(OC)cc1. The van der Waals surface area contributed by atoms with E-state index < -0.39 is 11.8 Å². The van der Waals surface area contributed by atoms with Gasteiger partial charge in [-0.05, 0) is 31.0 Å². The van der Waals surface area contributed by atoms with Crippen LogP contribution in [0.1, 0.15) is 24.8 Å². The summed E-state index contributed by atoms with van der Waals surface area (Å²) in [4.78, 5) is 24.1. The van der Waals surface area contributed by atoms with Crippen molar-refractivity contribution in [2.45, 2.75) is 19.3 Å². The molecular weight excluding hydrogens is 258 g/mol. The average Bonchev–Trinajstić information content (AvgIpc) is 2.47. The number of piperidine rings is 1. The maximum absolute atomic E-state index is 12.1. The van der Waals surface area contributed by atoms with E-state index in [2.05, 4.69) is 5.32 Å². The molecule has 0 saturated carbocycles. The van der Waals surface area contributed by atoms with Gasteiger partial charge in [0.25, 0.3) is 0 Å². The van der Waals surface area contributed by atoms with Crippen LogP contribution in [0.15, 0.2) is 24.3 Å². The molecule has 1 fully saturated rings. The molecule has 0 aliphatic carbocycles. The second-order valence-electron chi connectivity index (χ2n) is 4.69. The summed E-state index contributed by atoms with van der Waals surface area (Å²) >= 11 is 0. The summed E-state index contributed by atoms with van der Waals surface area (Å²) in [6, 6.07) is 7.22. The molecule has 1 saturated heterocycles. The molecule has 1 amide bonds. The summed E-state index contributed by atoms with van der Waals surface area (Å²) in [7, 11) is 1.59. The lowest BCUT2D eigenvalue weighted by atomic mass is 9.81. The Morgan fingerprint density at radius 2 is 2.05 bits per heavy atom. The van der Waals surface area contributed by atoms with Crippen LogP contribution in [0.4, 0.5) is 0 Å². The number of carbonyl (C=O) groups is 2. The summed E-state index contributed by atoms with van der Waals surface area (Å²) < 4.78 is 10.2. The number of ether oxygens (including phenoxy) is 2. The fourth-order valence-corrected chi connectivity index (χ4v) is 2.51. The number of hydrogen-bond donors (Lipinski definition) is 1. The minimum atomic E-state index is -0.492. The lowest BCUT2D eigenvalue weighted by Gasteiger charge is -2.29. The molecule has 5 heteroatoms. The molecule has 1 aromatic rings. The van der Waals surface area contributed by atoms with Crippen LogP contribution in [0.3, 0.4) is 0 Å². The molecule has 5 nitrogen and oxygen atoms in total. The molecule has 1 aliphatic heterocycles. The molecule has 0 bridgehead atoms. The van der Waals surface area contributed by atoms with Gasteiger partial charge in [0.1, 0.15) is 5.75 Å². The molecule has 108 valence electrons. The second kappa shape index (κ2) is 6.41. The Morgan fingerprint density at radius 3 is 2.65 bits per heavy atom. The van der Waals surface area contributed by atoms with Gasteiger partial charge in [0.15, 0.2) is 0 Å². The van der Waals surface area contributed by atoms with E-state index in [1.807, 2.05) is 12.1 Å². The molecule has 1 aromatic carbocycles. The molecule has 2 unspecified atom stereocenters. The smallest absolute Gasteiger partial charge is 0.310 e. The Labute approximate surface area is 118 Å². The first-order valence-electron chi connectivity index (χ1n) is 6.75. The van der Waals surface area contributed by atoms with Gasteiger partial charge in [0.05, 0.1) is 25.6 Å². The quantitative estimate of drug-likeness (QED) is 0.847. The van der Waals surface area contributed by atoms with Crippen molar-refractivity contribution in [3.8, 4) is 5.75 Å². The largest absolute Gasteiger partial charge is 0.497 e. The van der Waals surface area contributed by atoms with E-state index in [1.165, 1.54) is 0 Å². The van der Waals surface area contributed by atoms with Crippen molar-refractivity contribution < 1.29 is 19.1 Å². The van der Waals surface area contributed by atoms with E-state index in [1.54, 1.807) is 26.2 Å². The lowest BCUT2D eigenvalue weighted by Crippen LogP contribution is -2.44. The summed E-state index contributed by atoms with van der Waals surface area (Å²) in [5.41, 5.74) is 0.807. The minimum Gasteiger partial charge on any atom is -0.497 e. The van der Waals surface area contributed by atoms with Gasteiger partial charge in [-0.2, -0.15) is 0 Å². The third kappa shape index (κ3) is 2.92. The lowest BCUT2D eigenvalue weighted by molar-refractivity contribution is -0.152. The Bertz CT molecular complexity index is 483. The predicted octanol–water partition coefficient (Wildman–Crippen LogP) is 1.48. The van der Waals surface area contributed by atoms with Crippen molar-refractivity contribution in [1.29, 1.82) is 0 Å². The van der Waals surface area contributed by atoms with Crippen molar-refractivity contribution >= 4 is 11.9 Å². The Hall–Kier alpha value is -2.04. The highest BCUT2D eigenvalue weighted by Crippen LogP contribution is 2.32. The van der Waals surface area contributed by atoms with Crippen molar-refractivity contribution in [2.75, 3.05) is 20.3 Å². The molecule has 2 atom stereocenters. The van der Waals surface area contributed by atoms with E-state index in [-0.39, 0.29) is 11.9 Å². The number of esters is 1. The third-order valence-corrected chi connectivity index (χ3v) is 3.50. The third-order valence-electron chi connectivity index (χ3n) is 3.50. The zero-order valence-corrected chi connectivity index (χ0v) is 11.7. The van der Waals surface area contributed by atoms with Crippen LogP contribution in [-0.4, -0.2) is 32.1 Å². The van der Waals surface area contributed by atoms with Gasteiger partial charge in [-0.3, -0.25) is 9.59 Å². The molecule has 2 rings (SSSR count). The fourth-order valence-electron chi connectivity index (χ4n) is 2.51. The van der Waals surface area contributed by atoms with Gasteiger partial charge in [-0.1, -0.05) is 12.1 Å². The van der Waals surface area contributed by atoms with E-state index >= 15 is 0 Å². The van der Waals surface area contributed by atoms with Crippen molar-refractivity contribution in [2.24, 2.45) is 5.92 Å². The van der Waals surface area contributed by atoms with Crippen molar-refractivity contribution in [3.05, 3.63) is 29.8 Å². The number of methoxy groups -OCH3 is 1. The highest BCUT2D eigenvalue weighted by molar-refractivity contribution is 5.90. The highest BCUT2D eigenvalue weighted by atomic mass is 16.5. The number of carbonyl (C=O) groups excluding carboxylic acids is 2. The first-order chi connectivity index (χ1) is 9.67. The van der Waals surface area contributed by atoms with E-state index in [9.17, 15) is 9.59 Å². The predicted molar refractivity (Wildman–Crippen MR) is 73.5 cm³/mol. The Morgan fingerprint density at radius 1 is 1.35 bits per heavy atom. The molecular formula is C15H19NO4. The van der Waals surface area contributed by atoms with E-state index in [4.69, 9.17) is 9.47 Å². The van der Waals surface area contributed by atoms with Crippen LogP contribution < -0.4 is 10.1 Å². The van der Waals surface area contributed by atoms with Crippen LogP contribution in [0.2, 0.25) is 0 Å².